The van der Waals surface area contributed by atoms with Crippen molar-refractivity contribution < 1.29 is 14.2 Å². The first-order valence-electron chi connectivity index (χ1n) is 9.91. The van der Waals surface area contributed by atoms with Crippen LogP contribution in [0.25, 0.3) is 10.8 Å². The summed E-state index contributed by atoms with van der Waals surface area (Å²) in [4.78, 5) is 4.42. The van der Waals surface area contributed by atoms with Gasteiger partial charge in [0.25, 0.3) is 0 Å². The van der Waals surface area contributed by atoms with Gasteiger partial charge in [-0.1, -0.05) is 35.3 Å². The molecule has 0 amide bonds. The minimum atomic E-state index is -0.616. The van der Waals surface area contributed by atoms with Crippen LogP contribution in [0.2, 0.25) is 10.0 Å². The number of anilines is 1. The van der Waals surface area contributed by atoms with Crippen LogP contribution in [-0.4, -0.2) is 55.4 Å². The van der Waals surface area contributed by atoms with Crippen molar-refractivity contribution >= 4 is 39.7 Å². The molecule has 1 unspecified atom stereocenters. The van der Waals surface area contributed by atoms with E-state index in [9.17, 15) is 9.50 Å². The zero-order valence-electron chi connectivity index (χ0n) is 16.4. The normalized spacial score (nSPS) is 16.1. The molecule has 1 saturated heterocycles. The maximum Gasteiger partial charge on any atom is 0.131 e. The first kappa shape index (κ1) is 21.2. The highest BCUT2D eigenvalue weighted by Crippen LogP contribution is 2.29. The lowest BCUT2D eigenvalue weighted by molar-refractivity contribution is 0.0663. The molecule has 1 aliphatic rings. The smallest absolute Gasteiger partial charge is 0.131 e. The van der Waals surface area contributed by atoms with E-state index in [1.165, 1.54) is 6.07 Å². The summed E-state index contributed by atoms with van der Waals surface area (Å²) in [6, 6.07) is 15.7. The van der Waals surface area contributed by atoms with Crippen molar-refractivity contribution in [3.63, 3.8) is 0 Å². The van der Waals surface area contributed by atoms with E-state index in [4.69, 9.17) is 27.9 Å². The standard InChI is InChI=1S/C23H23Cl2FN2O2/c24-17-4-7-21(25)23(13-17)28-10-8-27(9-11-28)14-18(29)15-30-19-5-6-20-16(12-19)2-1-3-22(20)26/h1-7,12-13,18,29H,8-11,14-15H2. The van der Waals surface area contributed by atoms with Crippen LogP contribution in [0.5, 0.6) is 5.75 Å². The van der Waals surface area contributed by atoms with Crippen LogP contribution in [0.4, 0.5) is 10.1 Å². The highest BCUT2D eigenvalue weighted by molar-refractivity contribution is 6.35. The van der Waals surface area contributed by atoms with Crippen LogP contribution in [0, 0.1) is 5.82 Å². The number of ether oxygens (including phenoxy) is 1. The van der Waals surface area contributed by atoms with Crippen LogP contribution in [0.15, 0.2) is 54.6 Å². The molecule has 0 bridgehead atoms. The van der Waals surface area contributed by atoms with E-state index in [1.54, 1.807) is 30.3 Å². The second-order valence-corrected chi connectivity index (χ2v) is 8.31. The number of rotatable bonds is 6. The number of hydrogen-bond donors (Lipinski definition) is 1. The number of piperazine rings is 1. The molecule has 1 aliphatic heterocycles. The monoisotopic (exact) mass is 448 g/mol. The Labute approximate surface area is 185 Å². The van der Waals surface area contributed by atoms with Gasteiger partial charge in [0.2, 0.25) is 0 Å². The van der Waals surface area contributed by atoms with E-state index in [1.807, 2.05) is 18.2 Å². The molecular weight excluding hydrogens is 426 g/mol. The number of hydrogen-bond acceptors (Lipinski definition) is 4. The molecule has 1 fully saturated rings. The van der Waals surface area contributed by atoms with Crippen molar-refractivity contribution in [2.45, 2.75) is 6.10 Å². The second kappa shape index (κ2) is 9.40. The van der Waals surface area contributed by atoms with Gasteiger partial charge in [0.1, 0.15) is 24.3 Å². The summed E-state index contributed by atoms with van der Waals surface area (Å²) in [6.45, 7) is 3.96. The summed E-state index contributed by atoms with van der Waals surface area (Å²) < 4.78 is 19.5. The van der Waals surface area contributed by atoms with Gasteiger partial charge in [0.05, 0.1) is 10.7 Å². The van der Waals surface area contributed by atoms with Crippen molar-refractivity contribution in [1.29, 1.82) is 0 Å². The quantitative estimate of drug-likeness (QED) is 0.584. The van der Waals surface area contributed by atoms with Gasteiger partial charge in [-0.3, -0.25) is 4.90 Å². The molecule has 7 heteroatoms. The Bertz CT molecular complexity index is 1030. The van der Waals surface area contributed by atoms with Crippen molar-refractivity contribution in [2.75, 3.05) is 44.2 Å². The van der Waals surface area contributed by atoms with E-state index < -0.39 is 6.10 Å². The van der Waals surface area contributed by atoms with Gasteiger partial charge in [-0.25, -0.2) is 4.39 Å². The Kier molecular flexibility index (Phi) is 6.64. The van der Waals surface area contributed by atoms with Crippen LogP contribution in [0.3, 0.4) is 0 Å². The number of nitrogens with zero attached hydrogens (tertiary/aromatic N) is 2. The number of β-amino-alcohol motifs (C(OH)–C–C–N with tert-alkyl or cyclic N) is 1. The van der Waals surface area contributed by atoms with Crippen LogP contribution >= 0.6 is 23.2 Å². The first-order chi connectivity index (χ1) is 14.5. The van der Waals surface area contributed by atoms with Gasteiger partial charge in [-0.15, -0.1) is 0 Å². The SMILES string of the molecule is OC(COc1ccc2c(F)cccc2c1)CN1CCN(c2cc(Cl)ccc2Cl)CC1. The number of aliphatic hydroxyl groups is 1. The van der Waals surface area contributed by atoms with E-state index in [-0.39, 0.29) is 12.4 Å². The number of aliphatic hydroxyl groups excluding tert-OH is 1. The Balaban J connectivity index is 1.27. The van der Waals surface area contributed by atoms with Gasteiger partial charge in [0.15, 0.2) is 0 Å². The van der Waals surface area contributed by atoms with Gasteiger partial charge < -0.3 is 14.7 Å². The van der Waals surface area contributed by atoms with Crippen molar-refractivity contribution in [1.82, 2.24) is 4.90 Å². The molecule has 1 heterocycles. The van der Waals surface area contributed by atoms with E-state index in [2.05, 4.69) is 9.80 Å². The number of fused-ring (bicyclic) bond motifs is 1. The highest BCUT2D eigenvalue weighted by atomic mass is 35.5. The molecule has 1 N–H and O–H groups in total. The van der Waals surface area contributed by atoms with Gasteiger partial charge >= 0.3 is 0 Å². The molecule has 0 radical (unpaired) electrons. The summed E-state index contributed by atoms with van der Waals surface area (Å²) in [6.07, 6.45) is -0.616. The molecule has 3 aromatic carbocycles. The van der Waals surface area contributed by atoms with Crippen LogP contribution in [0.1, 0.15) is 0 Å². The summed E-state index contributed by atoms with van der Waals surface area (Å²) in [5, 5.41) is 13.1. The zero-order chi connectivity index (χ0) is 21.1. The summed E-state index contributed by atoms with van der Waals surface area (Å²) in [5.41, 5.74) is 0.945. The molecule has 3 aromatic rings. The van der Waals surface area contributed by atoms with E-state index in [0.717, 1.165) is 37.3 Å². The predicted molar refractivity (Wildman–Crippen MR) is 121 cm³/mol. The summed E-state index contributed by atoms with van der Waals surface area (Å²) in [5.74, 6) is 0.366. The minimum Gasteiger partial charge on any atom is -0.491 e. The van der Waals surface area contributed by atoms with E-state index >= 15 is 0 Å². The van der Waals surface area contributed by atoms with Crippen molar-refractivity contribution in [3.8, 4) is 5.75 Å². The molecule has 1 atom stereocenters. The summed E-state index contributed by atoms with van der Waals surface area (Å²) >= 11 is 12.4. The third-order valence-corrected chi connectivity index (χ3v) is 5.89. The maximum absolute atomic E-state index is 13.8. The van der Waals surface area contributed by atoms with E-state index in [0.29, 0.717) is 27.7 Å². The maximum atomic E-state index is 13.8. The topological polar surface area (TPSA) is 35.9 Å². The van der Waals surface area contributed by atoms with Crippen LogP contribution < -0.4 is 9.64 Å². The third kappa shape index (κ3) is 4.98. The Morgan fingerprint density at radius 2 is 1.80 bits per heavy atom. The lowest BCUT2D eigenvalue weighted by Gasteiger charge is -2.37. The highest BCUT2D eigenvalue weighted by Gasteiger charge is 2.21. The lowest BCUT2D eigenvalue weighted by atomic mass is 10.1. The number of benzene rings is 3. The first-order valence-corrected chi connectivity index (χ1v) is 10.7. The fourth-order valence-electron chi connectivity index (χ4n) is 3.75. The van der Waals surface area contributed by atoms with Crippen LogP contribution in [-0.2, 0) is 0 Å². The lowest BCUT2D eigenvalue weighted by Crippen LogP contribution is -2.49. The van der Waals surface area contributed by atoms with Gasteiger partial charge in [0, 0.05) is 43.1 Å². The summed E-state index contributed by atoms with van der Waals surface area (Å²) in [7, 11) is 0. The molecule has 4 nitrogen and oxygen atoms in total. The predicted octanol–water partition coefficient (Wildman–Crippen LogP) is 4.85. The Hall–Kier alpha value is -2.05. The molecule has 30 heavy (non-hydrogen) atoms. The average Bonchev–Trinajstić information content (AvgIpc) is 2.75. The fourth-order valence-corrected chi connectivity index (χ4v) is 4.16. The largest absolute Gasteiger partial charge is 0.491 e. The van der Waals surface area contributed by atoms with Crippen molar-refractivity contribution in [3.05, 3.63) is 70.5 Å². The number of halogens is 3. The fraction of sp³-hybridized carbons (Fsp3) is 0.304. The minimum absolute atomic E-state index is 0.182. The molecule has 0 spiro atoms. The van der Waals surface area contributed by atoms with Crippen molar-refractivity contribution in [2.24, 2.45) is 0 Å². The molecule has 0 aromatic heterocycles. The Morgan fingerprint density at radius 3 is 2.60 bits per heavy atom. The average molecular weight is 449 g/mol. The molecular formula is C23H23Cl2FN2O2. The van der Waals surface area contributed by atoms with Gasteiger partial charge in [-0.2, -0.15) is 0 Å². The molecule has 0 saturated carbocycles. The van der Waals surface area contributed by atoms with Gasteiger partial charge in [-0.05, 0) is 47.9 Å². The molecule has 4 rings (SSSR count). The second-order valence-electron chi connectivity index (χ2n) is 7.47. The third-order valence-electron chi connectivity index (χ3n) is 5.33. The molecule has 0 aliphatic carbocycles. The Morgan fingerprint density at radius 1 is 1.00 bits per heavy atom. The zero-order valence-corrected chi connectivity index (χ0v) is 17.9. The molecule has 158 valence electrons.